The van der Waals surface area contributed by atoms with Gasteiger partial charge in [0.1, 0.15) is 0 Å². The highest BCUT2D eigenvalue weighted by Gasteiger charge is 2.34. The maximum absolute atomic E-state index is 12.7. The van der Waals surface area contributed by atoms with Gasteiger partial charge >= 0.3 is 6.18 Å². The lowest BCUT2D eigenvalue weighted by Crippen LogP contribution is -2.10. The Kier molecular flexibility index (Phi) is 5.72. The minimum Gasteiger partial charge on any atom is -0.326 e. The maximum Gasteiger partial charge on any atom is 0.451 e. The Hall–Kier alpha value is -1.87. The van der Waals surface area contributed by atoms with E-state index < -0.39 is 18.4 Å². The van der Waals surface area contributed by atoms with Crippen molar-refractivity contribution in [3.63, 3.8) is 0 Å². The predicted molar refractivity (Wildman–Crippen MR) is 70.4 cm³/mol. The average molecular weight is 341 g/mol. The number of nitrogens with zero attached hydrogens (tertiary/aromatic N) is 3. The fourth-order valence-corrected chi connectivity index (χ4v) is 1.65. The third-order valence-corrected chi connectivity index (χ3v) is 2.68. The summed E-state index contributed by atoms with van der Waals surface area (Å²) in [4.78, 5) is 10.1. The predicted octanol–water partition coefficient (Wildman–Crippen LogP) is 3.38. The molecule has 0 aromatic carbocycles. The smallest absolute Gasteiger partial charge is 0.326 e. The minimum absolute atomic E-state index is 0. The molecule has 0 radical (unpaired) electrons. The first-order valence-corrected chi connectivity index (χ1v) is 5.69. The van der Waals surface area contributed by atoms with Crippen molar-refractivity contribution in [2.24, 2.45) is 5.73 Å². The third-order valence-electron chi connectivity index (χ3n) is 2.68. The van der Waals surface area contributed by atoms with E-state index in [1.807, 2.05) is 0 Å². The molecule has 10 heteroatoms. The molecule has 0 saturated carbocycles. The monoisotopic (exact) mass is 340 g/mol. The van der Waals surface area contributed by atoms with Crippen LogP contribution in [0.15, 0.2) is 24.7 Å². The minimum atomic E-state index is -4.64. The molecule has 2 aromatic heterocycles. The fraction of sp³-hybridized carbons (Fsp3) is 0.250. The number of pyridine rings is 1. The van der Waals surface area contributed by atoms with Crippen molar-refractivity contribution in [3.8, 4) is 11.3 Å². The molecule has 120 valence electrons. The zero-order chi connectivity index (χ0) is 15.6. The molecule has 2 aromatic rings. The van der Waals surface area contributed by atoms with E-state index in [-0.39, 0.29) is 41.3 Å². The first-order valence-electron chi connectivity index (χ1n) is 5.69. The zero-order valence-electron chi connectivity index (χ0n) is 10.8. The van der Waals surface area contributed by atoms with E-state index in [4.69, 9.17) is 5.73 Å². The summed E-state index contributed by atoms with van der Waals surface area (Å²) in [5.41, 5.74) is 5.58. The molecule has 22 heavy (non-hydrogen) atoms. The van der Waals surface area contributed by atoms with Crippen LogP contribution in [-0.2, 0) is 12.7 Å². The van der Waals surface area contributed by atoms with Crippen molar-refractivity contribution < 1.29 is 22.0 Å². The molecular weight excluding hydrogens is 331 g/mol. The van der Waals surface area contributed by atoms with Crippen molar-refractivity contribution in [2.45, 2.75) is 19.1 Å². The fourth-order valence-electron chi connectivity index (χ4n) is 1.65. The third kappa shape index (κ3) is 3.86. The summed E-state index contributed by atoms with van der Waals surface area (Å²) in [6.45, 7) is -0.142. The second-order valence-electron chi connectivity index (χ2n) is 4.07. The van der Waals surface area contributed by atoms with Crippen LogP contribution in [0.4, 0.5) is 22.0 Å². The lowest BCUT2D eigenvalue weighted by molar-refractivity contribution is -0.144. The molecule has 0 atom stereocenters. The van der Waals surface area contributed by atoms with Gasteiger partial charge in [0.25, 0.3) is 6.43 Å². The van der Waals surface area contributed by atoms with Crippen molar-refractivity contribution in [1.82, 2.24) is 15.0 Å². The number of rotatable bonds is 3. The molecule has 0 aliphatic carbocycles. The van der Waals surface area contributed by atoms with Crippen molar-refractivity contribution >= 4 is 12.4 Å². The van der Waals surface area contributed by atoms with Crippen LogP contribution in [0, 0.1) is 0 Å². The van der Waals surface area contributed by atoms with E-state index in [1.54, 1.807) is 0 Å². The number of hydrogen-bond acceptors (Lipinski definition) is 4. The standard InChI is InChI=1S/C12H9F5N4.ClH/c13-10(14)8-5-19-9(1-6(8)2-18)7-3-20-11(21-4-7)12(15,16)17;/h1,3-5,10H,2,18H2;1H. The van der Waals surface area contributed by atoms with E-state index in [0.29, 0.717) is 0 Å². The molecule has 0 unspecified atom stereocenters. The molecule has 2 heterocycles. The summed E-state index contributed by atoms with van der Waals surface area (Å²) in [7, 11) is 0. The topological polar surface area (TPSA) is 64.7 Å². The lowest BCUT2D eigenvalue weighted by atomic mass is 10.1. The molecule has 0 aliphatic heterocycles. The van der Waals surface area contributed by atoms with E-state index in [2.05, 4.69) is 15.0 Å². The number of hydrogen-bond donors (Lipinski definition) is 1. The van der Waals surface area contributed by atoms with Crippen LogP contribution < -0.4 is 5.73 Å². The number of nitrogens with two attached hydrogens (primary N) is 1. The van der Waals surface area contributed by atoms with Crippen molar-refractivity contribution in [3.05, 3.63) is 41.6 Å². The van der Waals surface area contributed by atoms with E-state index >= 15 is 0 Å². The molecule has 2 N–H and O–H groups in total. The molecule has 0 fully saturated rings. The number of halogens is 6. The van der Waals surface area contributed by atoms with Gasteiger partial charge in [-0.15, -0.1) is 12.4 Å². The summed E-state index contributed by atoms with van der Waals surface area (Å²) < 4.78 is 62.4. The van der Waals surface area contributed by atoms with Gasteiger partial charge in [0.15, 0.2) is 0 Å². The van der Waals surface area contributed by atoms with Crippen molar-refractivity contribution in [1.29, 1.82) is 0 Å². The molecule has 0 spiro atoms. The van der Waals surface area contributed by atoms with Crippen molar-refractivity contribution in [2.75, 3.05) is 0 Å². The Morgan fingerprint density at radius 2 is 1.64 bits per heavy atom. The first kappa shape index (κ1) is 18.2. The molecule has 0 bridgehead atoms. The van der Waals surface area contributed by atoms with Gasteiger partial charge in [-0.25, -0.2) is 18.7 Å². The summed E-state index contributed by atoms with van der Waals surface area (Å²) in [6.07, 6.45) is -4.57. The van der Waals surface area contributed by atoms with Crippen LogP contribution in [0.3, 0.4) is 0 Å². The van der Waals surface area contributed by atoms with Gasteiger partial charge in [-0.2, -0.15) is 13.2 Å². The number of alkyl halides is 5. The van der Waals surface area contributed by atoms with Gasteiger partial charge in [0.2, 0.25) is 5.82 Å². The van der Waals surface area contributed by atoms with Crippen LogP contribution >= 0.6 is 12.4 Å². The molecule has 4 nitrogen and oxygen atoms in total. The highest BCUT2D eigenvalue weighted by molar-refractivity contribution is 5.85. The summed E-state index contributed by atoms with van der Waals surface area (Å²) in [6, 6.07) is 1.29. The molecule has 0 saturated heterocycles. The molecule has 0 aliphatic rings. The van der Waals surface area contributed by atoms with Crippen LogP contribution in [-0.4, -0.2) is 15.0 Å². The first-order chi connectivity index (χ1) is 9.82. The largest absolute Gasteiger partial charge is 0.451 e. The molecule has 0 amide bonds. The van der Waals surface area contributed by atoms with E-state index in [0.717, 1.165) is 18.6 Å². The Bertz CT molecular complexity index is 630. The molecule has 2 rings (SSSR count). The van der Waals surface area contributed by atoms with Gasteiger partial charge in [0, 0.05) is 36.3 Å². The summed E-state index contributed by atoms with van der Waals surface area (Å²) >= 11 is 0. The van der Waals surface area contributed by atoms with Gasteiger partial charge in [-0.05, 0) is 11.6 Å². The van der Waals surface area contributed by atoms with Crippen LogP contribution in [0.5, 0.6) is 0 Å². The Labute approximate surface area is 128 Å². The highest BCUT2D eigenvalue weighted by Crippen LogP contribution is 2.28. The normalized spacial score (nSPS) is 11.4. The van der Waals surface area contributed by atoms with Crippen LogP contribution in [0.1, 0.15) is 23.4 Å². The van der Waals surface area contributed by atoms with E-state index in [1.165, 1.54) is 6.07 Å². The summed E-state index contributed by atoms with van der Waals surface area (Å²) in [5, 5.41) is 0. The second kappa shape index (κ2) is 6.93. The lowest BCUT2D eigenvalue weighted by Gasteiger charge is -2.09. The Morgan fingerprint density at radius 3 is 2.09 bits per heavy atom. The van der Waals surface area contributed by atoms with Gasteiger partial charge < -0.3 is 5.73 Å². The number of aromatic nitrogens is 3. The van der Waals surface area contributed by atoms with Crippen LogP contribution in [0.25, 0.3) is 11.3 Å². The molecular formula is C12H10ClF5N4. The van der Waals surface area contributed by atoms with Gasteiger partial charge in [-0.1, -0.05) is 0 Å². The zero-order valence-corrected chi connectivity index (χ0v) is 11.6. The quantitative estimate of drug-likeness (QED) is 0.870. The Balaban J connectivity index is 0.00000242. The second-order valence-corrected chi connectivity index (χ2v) is 4.07. The van der Waals surface area contributed by atoms with E-state index in [9.17, 15) is 22.0 Å². The van der Waals surface area contributed by atoms with Gasteiger partial charge in [0.05, 0.1) is 5.69 Å². The van der Waals surface area contributed by atoms with Crippen LogP contribution in [0.2, 0.25) is 0 Å². The average Bonchev–Trinajstić information content (AvgIpc) is 2.45. The maximum atomic E-state index is 12.7. The SMILES string of the molecule is Cl.NCc1cc(-c2cnc(C(F)(F)F)nc2)ncc1C(F)F. The summed E-state index contributed by atoms with van der Waals surface area (Å²) in [5.74, 6) is -1.28. The highest BCUT2D eigenvalue weighted by atomic mass is 35.5. The Morgan fingerprint density at radius 1 is 1.05 bits per heavy atom. The van der Waals surface area contributed by atoms with Gasteiger partial charge in [-0.3, -0.25) is 4.98 Å².